The van der Waals surface area contributed by atoms with Crippen LogP contribution in [0, 0.1) is 0 Å². The molecule has 2 unspecified atom stereocenters. The topological polar surface area (TPSA) is 69.6 Å². The highest BCUT2D eigenvalue weighted by atomic mass is 16.3. The molecule has 1 amide bonds. The number of allylic oxidation sites excluding steroid dienone is 4. The fraction of sp³-hybridized carbons (Fsp3) is 0.912. The van der Waals surface area contributed by atoms with Crippen LogP contribution in [0.3, 0.4) is 0 Å². The minimum atomic E-state index is -0.665. The molecular formula is C57H111NO3. The van der Waals surface area contributed by atoms with Gasteiger partial charge in [-0.05, 0) is 44.9 Å². The predicted octanol–water partition coefficient (Wildman–Crippen LogP) is 18.3. The number of hydrogen-bond donors (Lipinski definition) is 3. The van der Waals surface area contributed by atoms with E-state index in [0.29, 0.717) is 12.8 Å². The molecule has 0 fully saturated rings. The lowest BCUT2D eigenvalue weighted by Crippen LogP contribution is -2.45. The Hall–Kier alpha value is -1.13. The summed E-state index contributed by atoms with van der Waals surface area (Å²) >= 11 is 0. The van der Waals surface area contributed by atoms with Crippen molar-refractivity contribution >= 4 is 5.91 Å². The number of carbonyl (C=O) groups is 1. The zero-order chi connectivity index (χ0) is 44.2. The summed E-state index contributed by atoms with van der Waals surface area (Å²) in [6.07, 6.45) is 70.3. The van der Waals surface area contributed by atoms with Gasteiger partial charge in [-0.15, -0.1) is 0 Å². The van der Waals surface area contributed by atoms with Crippen molar-refractivity contribution < 1.29 is 15.0 Å². The standard InChI is InChI=1S/C57H111NO3/c1-3-5-7-9-11-13-15-17-19-21-22-23-24-25-26-27-28-29-30-31-32-33-34-35-36-37-38-40-42-44-46-48-50-52-56(60)55(54-59)58-57(61)53-51-49-47-45-43-41-39-20-18-16-14-12-10-8-6-4-2/h14,16,20,39,55-56,59-60H,3-13,15,17-19,21-38,40-54H2,1-2H3,(H,58,61)/b16-14-,39-20-. The second-order valence-corrected chi connectivity index (χ2v) is 19.4. The third-order valence-electron chi connectivity index (χ3n) is 13.2. The van der Waals surface area contributed by atoms with Crippen LogP contribution in [-0.4, -0.2) is 34.9 Å². The van der Waals surface area contributed by atoms with Gasteiger partial charge in [0.15, 0.2) is 0 Å². The van der Waals surface area contributed by atoms with Gasteiger partial charge in [-0.25, -0.2) is 0 Å². The highest BCUT2D eigenvalue weighted by Crippen LogP contribution is 2.18. The summed E-state index contributed by atoms with van der Waals surface area (Å²) in [7, 11) is 0. The third kappa shape index (κ3) is 49.7. The van der Waals surface area contributed by atoms with Crippen LogP contribution in [0.1, 0.15) is 316 Å². The molecule has 0 radical (unpaired) electrons. The van der Waals surface area contributed by atoms with Gasteiger partial charge < -0.3 is 15.5 Å². The van der Waals surface area contributed by atoms with E-state index in [-0.39, 0.29) is 12.5 Å². The molecule has 61 heavy (non-hydrogen) atoms. The number of aliphatic hydroxyl groups is 2. The molecule has 0 aromatic heterocycles. The fourth-order valence-corrected chi connectivity index (χ4v) is 8.92. The number of amides is 1. The molecule has 362 valence electrons. The molecule has 0 bridgehead atoms. The van der Waals surface area contributed by atoms with Gasteiger partial charge in [0.2, 0.25) is 5.91 Å². The molecule has 0 saturated carbocycles. The third-order valence-corrected chi connectivity index (χ3v) is 13.2. The van der Waals surface area contributed by atoms with E-state index in [1.54, 1.807) is 0 Å². The molecular weight excluding hydrogens is 747 g/mol. The van der Waals surface area contributed by atoms with Crippen molar-refractivity contribution in [2.45, 2.75) is 328 Å². The van der Waals surface area contributed by atoms with Crippen molar-refractivity contribution in [1.29, 1.82) is 0 Å². The average molecular weight is 859 g/mol. The van der Waals surface area contributed by atoms with E-state index in [9.17, 15) is 15.0 Å². The maximum Gasteiger partial charge on any atom is 0.220 e. The van der Waals surface area contributed by atoms with Crippen LogP contribution in [0.25, 0.3) is 0 Å². The Bertz CT molecular complexity index is 886. The Labute approximate surface area is 383 Å². The number of hydrogen-bond acceptors (Lipinski definition) is 3. The van der Waals surface area contributed by atoms with Gasteiger partial charge in [0.1, 0.15) is 0 Å². The molecule has 0 aliphatic heterocycles. The molecule has 0 spiro atoms. The van der Waals surface area contributed by atoms with Gasteiger partial charge in [-0.1, -0.05) is 289 Å². The Balaban J connectivity index is 3.39. The van der Waals surface area contributed by atoms with E-state index < -0.39 is 12.1 Å². The molecule has 3 N–H and O–H groups in total. The van der Waals surface area contributed by atoms with Gasteiger partial charge in [0.25, 0.3) is 0 Å². The quantitative estimate of drug-likeness (QED) is 0.0422. The van der Waals surface area contributed by atoms with Crippen molar-refractivity contribution in [2.24, 2.45) is 0 Å². The SMILES string of the molecule is CCCCCC/C=C\C/C=C\CCCCCCCC(=O)NC(CO)C(O)CCCCCCCCCCCCCCCCCCCCCCCCCCCCCCCCCCC. The van der Waals surface area contributed by atoms with E-state index in [1.807, 2.05) is 0 Å². The van der Waals surface area contributed by atoms with E-state index in [2.05, 4.69) is 43.5 Å². The van der Waals surface area contributed by atoms with Crippen molar-refractivity contribution in [3.8, 4) is 0 Å². The first-order valence-corrected chi connectivity index (χ1v) is 28.0. The highest BCUT2D eigenvalue weighted by molar-refractivity contribution is 5.76. The van der Waals surface area contributed by atoms with Gasteiger partial charge in [0.05, 0.1) is 18.8 Å². The Morgan fingerprint density at radius 2 is 0.672 bits per heavy atom. The van der Waals surface area contributed by atoms with Crippen LogP contribution in [0.2, 0.25) is 0 Å². The molecule has 0 rings (SSSR count). The zero-order valence-electron chi connectivity index (χ0n) is 41.7. The summed E-state index contributed by atoms with van der Waals surface area (Å²) < 4.78 is 0. The lowest BCUT2D eigenvalue weighted by Gasteiger charge is -2.22. The number of aliphatic hydroxyl groups excluding tert-OH is 2. The normalized spacial score (nSPS) is 12.9. The van der Waals surface area contributed by atoms with E-state index >= 15 is 0 Å². The number of nitrogens with one attached hydrogen (secondary N) is 1. The Kier molecular flexibility index (Phi) is 52.2. The molecule has 0 aromatic rings. The van der Waals surface area contributed by atoms with Gasteiger partial charge in [-0.3, -0.25) is 4.79 Å². The summed E-state index contributed by atoms with van der Waals surface area (Å²) in [5.41, 5.74) is 0. The second kappa shape index (κ2) is 53.2. The van der Waals surface area contributed by atoms with Crippen molar-refractivity contribution in [3.63, 3.8) is 0 Å². The first kappa shape index (κ1) is 59.9. The fourth-order valence-electron chi connectivity index (χ4n) is 8.92. The second-order valence-electron chi connectivity index (χ2n) is 19.4. The van der Waals surface area contributed by atoms with Crippen LogP contribution in [0.4, 0.5) is 0 Å². The number of rotatable bonds is 52. The van der Waals surface area contributed by atoms with Crippen molar-refractivity contribution in [3.05, 3.63) is 24.3 Å². The number of unbranched alkanes of at least 4 members (excludes halogenated alkanes) is 41. The molecule has 0 aromatic carbocycles. The zero-order valence-corrected chi connectivity index (χ0v) is 41.7. The van der Waals surface area contributed by atoms with E-state index in [1.165, 1.54) is 244 Å². The van der Waals surface area contributed by atoms with Gasteiger partial charge >= 0.3 is 0 Å². The molecule has 0 aliphatic carbocycles. The van der Waals surface area contributed by atoms with Crippen LogP contribution in [0.5, 0.6) is 0 Å². The molecule has 0 heterocycles. The van der Waals surface area contributed by atoms with Crippen molar-refractivity contribution in [2.75, 3.05) is 6.61 Å². The van der Waals surface area contributed by atoms with Crippen molar-refractivity contribution in [1.82, 2.24) is 5.32 Å². The molecule has 0 saturated heterocycles. The van der Waals surface area contributed by atoms with Crippen LogP contribution in [-0.2, 0) is 4.79 Å². The first-order valence-electron chi connectivity index (χ1n) is 28.0. The maximum atomic E-state index is 12.4. The summed E-state index contributed by atoms with van der Waals surface area (Å²) in [6.45, 7) is 4.36. The Morgan fingerprint density at radius 3 is 1.00 bits per heavy atom. The van der Waals surface area contributed by atoms with Crippen LogP contribution >= 0.6 is 0 Å². The lowest BCUT2D eigenvalue weighted by atomic mass is 10.0. The lowest BCUT2D eigenvalue weighted by molar-refractivity contribution is -0.123. The van der Waals surface area contributed by atoms with Crippen LogP contribution < -0.4 is 5.32 Å². The first-order chi connectivity index (χ1) is 30.2. The summed E-state index contributed by atoms with van der Waals surface area (Å²) in [5.74, 6) is -0.0411. The molecule has 2 atom stereocenters. The maximum absolute atomic E-state index is 12.4. The highest BCUT2D eigenvalue weighted by Gasteiger charge is 2.20. The molecule has 4 heteroatoms. The monoisotopic (exact) mass is 858 g/mol. The Morgan fingerprint density at radius 1 is 0.393 bits per heavy atom. The van der Waals surface area contributed by atoms with E-state index in [0.717, 1.165) is 44.9 Å². The summed E-state index contributed by atoms with van der Waals surface area (Å²) in [6, 6.07) is -0.543. The largest absolute Gasteiger partial charge is 0.394 e. The number of carbonyl (C=O) groups excluding carboxylic acids is 1. The minimum absolute atomic E-state index is 0.0411. The minimum Gasteiger partial charge on any atom is -0.394 e. The molecule has 0 aliphatic rings. The predicted molar refractivity (Wildman–Crippen MR) is 272 cm³/mol. The molecule has 4 nitrogen and oxygen atoms in total. The van der Waals surface area contributed by atoms with Gasteiger partial charge in [-0.2, -0.15) is 0 Å². The summed E-state index contributed by atoms with van der Waals surface area (Å²) in [5, 5.41) is 23.3. The van der Waals surface area contributed by atoms with Gasteiger partial charge in [0, 0.05) is 6.42 Å². The average Bonchev–Trinajstić information content (AvgIpc) is 3.26. The van der Waals surface area contributed by atoms with Crippen LogP contribution in [0.15, 0.2) is 24.3 Å². The van der Waals surface area contributed by atoms with E-state index in [4.69, 9.17) is 0 Å². The smallest absolute Gasteiger partial charge is 0.220 e. The summed E-state index contributed by atoms with van der Waals surface area (Å²) in [4.78, 5) is 12.4.